The Hall–Kier alpha value is -2.27. The van der Waals surface area contributed by atoms with Crippen molar-refractivity contribution >= 4 is 5.91 Å². The van der Waals surface area contributed by atoms with Crippen LogP contribution in [-0.2, 0) is 4.79 Å². The molecule has 3 N–H and O–H groups in total. The average molecular weight is 285 g/mol. The van der Waals surface area contributed by atoms with Crippen LogP contribution >= 0.6 is 0 Å². The number of para-hydroxylation sites is 1. The predicted octanol–water partition coefficient (Wildman–Crippen LogP) is 1.69. The molecule has 0 saturated carbocycles. The lowest BCUT2D eigenvalue weighted by Crippen LogP contribution is -2.61. The number of nitrogens with two attached hydrogens (primary N) is 1. The molecule has 2 aliphatic rings. The van der Waals surface area contributed by atoms with Crippen LogP contribution in [0.3, 0.4) is 0 Å². The lowest BCUT2D eigenvalue weighted by atomic mass is 10.0. The average Bonchev–Trinajstić information content (AvgIpc) is 2.92. The van der Waals surface area contributed by atoms with E-state index in [0.29, 0.717) is 5.75 Å². The van der Waals surface area contributed by atoms with E-state index >= 15 is 0 Å². The SMILES string of the molecule is CC(Oc1ccccc1)(C(N)=O)N1NCC2=C1C=CCC2. The van der Waals surface area contributed by atoms with E-state index in [1.165, 1.54) is 5.57 Å². The summed E-state index contributed by atoms with van der Waals surface area (Å²) in [5, 5.41) is 1.74. The molecule has 0 fully saturated rings. The maximum Gasteiger partial charge on any atom is 0.284 e. The van der Waals surface area contributed by atoms with E-state index in [2.05, 4.69) is 11.5 Å². The molecule has 1 unspecified atom stereocenters. The van der Waals surface area contributed by atoms with Crippen molar-refractivity contribution in [1.29, 1.82) is 0 Å². The topological polar surface area (TPSA) is 67.6 Å². The second kappa shape index (κ2) is 5.26. The summed E-state index contributed by atoms with van der Waals surface area (Å²) in [6, 6.07) is 9.23. The van der Waals surface area contributed by atoms with E-state index in [4.69, 9.17) is 10.5 Å². The van der Waals surface area contributed by atoms with Gasteiger partial charge in [-0.25, -0.2) is 5.43 Å². The number of allylic oxidation sites excluding steroid dienone is 2. The first kappa shape index (κ1) is 13.7. The minimum atomic E-state index is -1.28. The summed E-state index contributed by atoms with van der Waals surface area (Å²) in [6.07, 6.45) is 6.15. The molecule has 1 aliphatic carbocycles. The normalized spacial score (nSPS) is 20.1. The monoisotopic (exact) mass is 285 g/mol. The van der Waals surface area contributed by atoms with Gasteiger partial charge in [-0.15, -0.1) is 0 Å². The zero-order chi connectivity index (χ0) is 14.9. The summed E-state index contributed by atoms with van der Waals surface area (Å²) < 4.78 is 5.92. The van der Waals surface area contributed by atoms with Crippen molar-refractivity contribution in [3.05, 3.63) is 53.8 Å². The van der Waals surface area contributed by atoms with E-state index < -0.39 is 11.6 Å². The van der Waals surface area contributed by atoms with E-state index in [9.17, 15) is 4.79 Å². The maximum absolute atomic E-state index is 12.1. The number of ether oxygens (including phenoxy) is 1. The first-order valence-electron chi connectivity index (χ1n) is 7.07. The van der Waals surface area contributed by atoms with Gasteiger partial charge >= 0.3 is 0 Å². The lowest BCUT2D eigenvalue weighted by Gasteiger charge is -2.38. The highest BCUT2D eigenvalue weighted by atomic mass is 16.5. The summed E-state index contributed by atoms with van der Waals surface area (Å²) in [5.74, 6) is 0.0704. The zero-order valence-corrected chi connectivity index (χ0v) is 12.0. The van der Waals surface area contributed by atoms with Crippen LogP contribution < -0.4 is 15.9 Å². The van der Waals surface area contributed by atoms with Gasteiger partial charge in [0.05, 0.1) is 5.70 Å². The van der Waals surface area contributed by atoms with Crippen LogP contribution in [-0.4, -0.2) is 23.2 Å². The number of hydrogen-bond acceptors (Lipinski definition) is 4. The van der Waals surface area contributed by atoms with Crippen molar-refractivity contribution in [1.82, 2.24) is 10.4 Å². The Bertz CT molecular complexity index is 609. The van der Waals surface area contributed by atoms with Crippen LogP contribution in [0, 0.1) is 0 Å². The third-order valence-electron chi connectivity index (χ3n) is 3.89. The van der Waals surface area contributed by atoms with Crippen LogP contribution in [0.5, 0.6) is 5.75 Å². The third-order valence-corrected chi connectivity index (χ3v) is 3.89. The smallest absolute Gasteiger partial charge is 0.284 e. The van der Waals surface area contributed by atoms with Crippen LogP contribution in [0.1, 0.15) is 19.8 Å². The summed E-state index contributed by atoms with van der Waals surface area (Å²) in [7, 11) is 0. The van der Waals surface area contributed by atoms with Gasteiger partial charge in [0.15, 0.2) is 0 Å². The number of carbonyl (C=O) groups excluding carboxylic acids is 1. The molecule has 1 aromatic carbocycles. The Kier molecular flexibility index (Phi) is 3.43. The number of hydrazine groups is 1. The maximum atomic E-state index is 12.1. The van der Waals surface area contributed by atoms with E-state index in [-0.39, 0.29) is 0 Å². The lowest BCUT2D eigenvalue weighted by molar-refractivity contribution is -0.150. The Balaban J connectivity index is 1.93. The van der Waals surface area contributed by atoms with Gasteiger partial charge in [-0.1, -0.05) is 24.3 Å². The summed E-state index contributed by atoms with van der Waals surface area (Å²) in [4.78, 5) is 12.1. The summed E-state index contributed by atoms with van der Waals surface area (Å²) in [6.45, 7) is 2.41. The fourth-order valence-corrected chi connectivity index (χ4v) is 2.67. The summed E-state index contributed by atoms with van der Waals surface area (Å²) in [5.41, 5.74) is 9.84. The van der Waals surface area contributed by atoms with Crippen LogP contribution in [0.2, 0.25) is 0 Å². The van der Waals surface area contributed by atoms with E-state index in [1.54, 1.807) is 11.9 Å². The predicted molar refractivity (Wildman–Crippen MR) is 79.9 cm³/mol. The van der Waals surface area contributed by atoms with Crippen LogP contribution in [0.25, 0.3) is 0 Å². The Morgan fingerprint density at radius 1 is 1.38 bits per heavy atom. The van der Waals surface area contributed by atoms with Crippen molar-refractivity contribution in [3.63, 3.8) is 0 Å². The Morgan fingerprint density at radius 2 is 2.14 bits per heavy atom. The highest BCUT2D eigenvalue weighted by Crippen LogP contribution is 2.32. The van der Waals surface area contributed by atoms with Crippen LogP contribution in [0.4, 0.5) is 0 Å². The fourth-order valence-electron chi connectivity index (χ4n) is 2.67. The molecule has 1 heterocycles. The number of nitrogens with zero attached hydrogens (tertiary/aromatic N) is 1. The quantitative estimate of drug-likeness (QED) is 0.883. The molecule has 1 aromatic rings. The zero-order valence-electron chi connectivity index (χ0n) is 12.0. The second-order valence-electron chi connectivity index (χ2n) is 5.36. The fraction of sp³-hybridized carbons (Fsp3) is 0.312. The van der Waals surface area contributed by atoms with Crippen LogP contribution in [0.15, 0.2) is 53.8 Å². The van der Waals surface area contributed by atoms with Gasteiger partial charge in [-0.2, -0.15) is 0 Å². The third kappa shape index (κ3) is 2.40. The molecule has 0 radical (unpaired) electrons. The minimum absolute atomic E-state index is 0.536. The summed E-state index contributed by atoms with van der Waals surface area (Å²) >= 11 is 0. The number of amides is 1. The van der Waals surface area contributed by atoms with Gasteiger partial charge < -0.3 is 10.5 Å². The van der Waals surface area contributed by atoms with Crippen molar-refractivity contribution < 1.29 is 9.53 Å². The largest absolute Gasteiger partial charge is 0.457 e. The number of primary amides is 1. The molecule has 110 valence electrons. The Morgan fingerprint density at radius 3 is 2.86 bits per heavy atom. The molecule has 0 aromatic heterocycles. The molecule has 0 bridgehead atoms. The number of rotatable bonds is 4. The van der Waals surface area contributed by atoms with Gasteiger partial charge in [0, 0.05) is 13.5 Å². The molecule has 1 atom stereocenters. The van der Waals surface area contributed by atoms with Crippen molar-refractivity contribution in [3.8, 4) is 5.75 Å². The van der Waals surface area contributed by atoms with E-state index in [1.807, 2.05) is 36.4 Å². The molecule has 0 saturated heterocycles. The number of hydrogen-bond donors (Lipinski definition) is 2. The highest BCUT2D eigenvalue weighted by molar-refractivity contribution is 5.83. The number of benzene rings is 1. The number of carbonyl (C=O) groups is 1. The van der Waals surface area contributed by atoms with Gasteiger partial charge in [-0.3, -0.25) is 9.80 Å². The van der Waals surface area contributed by atoms with Gasteiger partial charge in [0.1, 0.15) is 5.75 Å². The first-order chi connectivity index (χ1) is 10.1. The molecule has 5 nitrogen and oxygen atoms in total. The second-order valence-corrected chi connectivity index (χ2v) is 5.36. The van der Waals surface area contributed by atoms with Gasteiger partial charge in [-0.05, 0) is 36.6 Å². The van der Waals surface area contributed by atoms with Gasteiger partial charge in [0.2, 0.25) is 0 Å². The molecular weight excluding hydrogens is 266 g/mol. The van der Waals surface area contributed by atoms with Crippen molar-refractivity contribution in [2.24, 2.45) is 5.73 Å². The van der Waals surface area contributed by atoms with Crippen molar-refractivity contribution in [2.45, 2.75) is 25.5 Å². The molecule has 1 aliphatic heterocycles. The van der Waals surface area contributed by atoms with E-state index in [0.717, 1.165) is 25.1 Å². The molecule has 3 rings (SSSR count). The molecule has 21 heavy (non-hydrogen) atoms. The molecule has 1 amide bonds. The molecule has 5 heteroatoms. The highest BCUT2D eigenvalue weighted by Gasteiger charge is 2.44. The number of nitrogens with one attached hydrogen (secondary N) is 1. The first-order valence-corrected chi connectivity index (χ1v) is 7.07. The standard InChI is InChI=1S/C16H19N3O2/c1-16(15(17)20,21-13-8-3-2-4-9-13)19-14-10-6-5-7-12(14)11-18-19/h2-4,6,8-10,18H,5,7,11H2,1H3,(H2,17,20). The van der Waals surface area contributed by atoms with Gasteiger partial charge in [0.25, 0.3) is 11.6 Å². The Labute approximate surface area is 124 Å². The van der Waals surface area contributed by atoms with Crippen molar-refractivity contribution in [2.75, 3.05) is 6.54 Å². The molecular formula is C16H19N3O2. The minimum Gasteiger partial charge on any atom is -0.457 e. The molecule has 0 spiro atoms.